The predicted octanol–water partition coefficient (Wildman–Crippen LogP) is 5.46. The molecule has 0 unspecified atom stereocenters. The van der Waals surface area contributed by atoms with Gasteiger partial charge in [0.1, 0.15) is 0 Å². The zero-order valence-corrected chi connectivity index (χ0v) is 15.6. The average Bonchev–Trinajstić information content (AvgIpc) is 2.75. The minimum Gasteiger partial charge on any atom is -0.302 e. The summed E-state index contributed by atoms with van der Waals surface area (Å²) in [6.07, 6.45) is 5.06. The van der Waals surface area contributed by atoms with Crippen molar-refractivity contribution >= 4 is 39.9 Å². The van der Waals surface area contributed by atoms with Crippen molar-refractivity contribution in [3.8, 4) is 0 Å². The van der Waals surface area contributed by atoms with Gasteiger partial charge in [0, 0.05) is 13.1 Å². The largest absolute Gasteiger partial charge is 0.302 e. The highest BCUT2D eigenvalue weighted by Crippen LogP contribution is 2.32. The monoisotopic (exact) mass is 363 g/mol. The molecule has 0 bridgehead atoms. The fraction of sp³-hybridized carbons (Fsp3) is 0.733. The molecule has 0 saturated heterocycles. The maximum absolute atomic E-state index is 4.64. The van der Waals surface area contributed by atoms with E-state index in [9.17, 15) is 0 Å². The predicted molar refractivity (Wildman–Crippen MR) is 94.5 cm³/mol. The van der Waals surface area contributed by atoms with Crippen molar-refractivity contribution in [2.45, 2.75) is 46.1 Å². The van der Waals surface area contributed by atoms with E-state index >= 15 is 0 Å². The fourth-order valence-corrected chi connectivity index (χ4v) is 4.54. The Morgan fingerprint density at radius 2 is 1.95 bits per heavy atom. The van der Waals surface area contributed by atoms with Gasteiger partial charge in [-0.2, -0.15) is 12.6 Å². The normalized spacial score (nSPS) is 12.3. The van der Waals surface area contributed by atoms with Gasteiger partial charge >= 0.3 is 0 Å². The number of thiophene rings is 1. The standard InChI is InChI=1S/C15H26BrNS2/c1-4-6-15(12-18,7-5-2)11-17(3)9-13-8-14(16)19-10-13/h8,10,18H,4-7,9,11-12H2,1-3H3. The second-order valence-corrected chi connectivity index (χ2v) is 8.20. The molecule has 0 amide bonds. The summed E-state index contributed by atoms with van der Waals surface area (Å²) in [7, 11) is 2.23. The lowest BCUT2D eigenvalue weighted by Gasteiger charge is -2.36. The summed E-state index contributed by atoms with van der Waals surface area (Å²) in [5, 5.41) is 2.24. The Hall–Kier alpha value is 0.490. The van der Waals surface area contributed by atoms with Crippen molar-refractivity contribution in [3.63, 3.8) is 0 Å². The summed E-state index contributed by atoms with van der Waals surface area (Å²) in [4.78, 5) is 2.45. The first-order valence-electron chi connectivity index (χ1n) is 7.07. The molecule has 0 aromatic carbocycles. The van der Waals surface area contributed by atoms with E-state index in [0.29, 0.717) is 5.41 Å². The van der Waals surface area contributed by atoms with Crippen molar-refractivity contribution in [3.05, 3.63) is 20.8 Å². The first-order valence-corrected chi connectivity index (χ1v) is 9.38. The molecule has 0 aliphatic heterocycles. The average molecular weight is 364 g/mol. The Balaban J connectivity index is 2.61. The van der Waals surface area contributed by atoms with Crippen molar-refractivity contribution in [2.24, 2.45) is 5.41 Å². The molecule has 0 aliphatic rings. The minimum absolute atomic E-state index is 0.384. The topological polar surface area (TPSA) is 3.24 Å². The summed E-state index contributed by atoms with van der Waals surface area (Å²) in [5.41, 5.74) is 1.79. The number of halogens is 1. The van der Waals surface area contributed by atoms with Crippen LogP contribution in [-0.2, 0) is 6.54 Å². The summed E-state index contributed by atoms with van der Waals surface area (Å²) in [6.45, 7) is 6.74. The zero-order valence-electron chi connectivity index (χ0n) is 12.3. The molecule has 0 radical (unpaired) electrons. The van der Waals surface area contributed by atoms with Crippen LogP contribution in [0.3, 0.4) is 0 Å². The number of thiol groups is 1. The van der Waals surface area contributed by atoms with Crippen LogP contribution < -0.4 is 0 Å². The van der Waals surface area contributed by atoms with E-state index in [4.69, 9.17) is 0 Å². The van der Waals surface area contributed by atoms with E-state index in [1.807, 2.05) is 0 Å². The van der Waals surface area contributed by atoms with Crippen LogP contribution in [-0.4, -0.2) is 24.2 Å². The number of hydrogen-bond donors (Lipinski definition) is 1. The van der Waals surface area contributed by atoms with Crippen LogP contribution in [0.4, 0.5) is 0 Å². The maximum Gasteiger partial charge on any atom is 0.0701 e. The molecule has 1 nitrogen and oxygen atoms in total. The summed E-state index contributed by atoms with van der Waals surface area (Å²) >= 11 is 9.94. The van der Waals surface area contributed by atoms with Gasteiger partial charge in [-0.3, -0.25) is 0 Å². The molecule has 0 aliphatic carbocycles. The second-order valence-electron chi connectivity index (χ2n) is 5.59. The Kier molecular flexibility index (Phi) is 8.04. The van der Waals surface area contributed by atoms with E-state index in [-0.39, 0.29) is 0 Å². The van der Waals surface area contributed by atoms with Crippen LogP contribution in [0.15, 0.2) is 15.2 Å². The molecule has 1 aromatic rings. The minimum atomic E-state index is 0.384. The lowest BCUT2D eigenvalue weighted by molar-refractivity contribution is 0.165. The van der Waals surface area contributed by atoms with Crippen LogP contribution in [0, 0.1) is 5.41 Å². The molecule has 0 fully saturated rings. The van der Waals surface area contributed by atoms with Gasteiger partial charge in [-0.25, -0.2) is 0 Å². The molecule has 110 valence electrons. The van der Waals surface area contributed by atoms with E-state index in [1.54, 1.807) is 11.3 Å². The first-order chi connectivity index (χ1) is 9.05. The molecule has 0 N–H and O–H groups in total. The van der Waals surface area contributed by atoms with Crippen LogP contribution >= 0.6 is 39.9 Å². The van der Waals surface area contributed by atoms with Crippen LogP contribution in [0.25, 0.3) is 0 Å². The summed E-state index contributed by atoms with van der Waals surface area (Å²) in [6, 6.07) is 2.23. The van der Waals surface area contributed by atoms with Crippen molar-refractivity contribution in [2.75, 3.05) is 19.3 Å². The number of nitrogens with zero attached hydrogens (tertiary/aromatic N) is 1. The third-order valence-corrected chi connectivity index (χ3v) is 5.80. The van der Waals surface area contributed by atoms with E-state index in [0.717, 1.165) is 18.8 Å². The third-order valence-electron chi connectivity index (χ3n) is 3.58. The quantitative estimate of drug-likeness (QED) is 0.570. The van der Waals surface area contributed by atoms with Crippen LogP contribution in [0.2, 0.25) is 0 Å². The Labute approximate surface area is 136 Å². The second kappa shape index (κ2) is 8.71. The lowest BCUT2D eigenvalue weighted by Crippen LogP contribution is -2.37. The molecule has 1 rings (SSSR count). The first kappa shape index (κ1) is 17.5. The van der Waals surface area contributed by atoms with Crippen molar-refractivity contribution < 1.29 is 0 Å². The zero-order chi connectivity index (χ0) is 14.3. The summed E-state index contributed by atoms with van der Waals surface area (Å²) in [5.74, 6) is 0.992. The Morgan fingerprint density at radius 3 is 2.37 bits per heavy atom. The van der Waals surface area contributed by atoms with Gasteiger partial charge in [0.25, 0.3) is 0 Å². The smallest absolute Gasteiger partial charge is 0.0701 e. The van der Waals surface area contributed by atoms with Crippen molar-refractivity contribution in [1.29, 1.82) is 0 Å². The number of rotatable bonds is 9. The van der Waals surface area contributed by atoms with Crippen molar-refractivity contribution in [1.82, 2.24) is 4.90 Å². The highest BCUT2D eigenvalue weighted by Gasteiger charge is 2.28. The Morgan fingerprint density at radius 1 is 1.32 bits per heavy atom. The van der Waals surface area contributed by atoms with Gasteiger partial charge in [-0.15, -0.1) is 11.3 Å². The van der Waals surface area contributed by atoms with E-state index in [2.05, 4.69) is 65.8 Å². The van der Waals surface area contributed by atoms with Gasteiger partial charge < -0.3 is 4.90 Å². The molecule has 4 heteroatoms. The van der Waals surface area contributed by atoms with E-state index in [1.165, 1.54) is 35.0 Å². The highest BCUT2D eigenvalue weighted by molar-refractivity contribution is 9.11. The van der Waals surface area contributed by atoms with Gasteiger partial charge in [-0.05, 0) is 64.0 Å². The maximum atomic E-state index is 4.64. The van der Waals surface area contributed by atoms with Gasteiger partial charge in [-0.1, -0.05) is 26.7 Å². The Bertz CT molecular complexity index is 359. The molecule has 0 atom stereocenters. The molecular formula is C15H26BrNS2. The third kappa shape index (κ3) is 5.78. The molecule has 0 spiro atoms. The lowest BCUT2D eigenvalue weighted by atomic mass is 9.80. The van der Waals surface area contributed by atoms with E-state index < -0.39 is 0 Å². The summed E-state index contributed by atoms with van der Waals surface area (Å²) < 4.78 is 1.22. The molecular weight excluding hydrogens is 338 g/mol. The van der Waals surface area contributed by atoms with Gasteiger partial charge in [0.15, 0.2) is 0 Å². The molecule has 1 heterocycles. The van der Waals surface area contributed by atoms with Crippen LogP contribution in [0.5, 0.6) is 0 Å². The van der Waals surface area contributed by atoms with Gasteiger partial charge in [0.2, 0.25) is 0 Å². The molecule has 19 heavy (non-hydrogen) atoms. The highest BCUT2D eigenvalue weighted by atomic mass is 79.9. The van der Waals surface area contributed by atoms with Crippen LogP contribution in [0.1, 0.15) is 45.1 Å². The molecule has 1 aromatic heterocycles. The van der Waals surface area contributed by atoms with Gasteiger partial charge in [0.05, 0.1) is 3.79 Å². The SMILES string of the molecule is CCCC(CS)(CCC)CN(C)Cc1csc(Br)c1. The fourth-order valence-electron chi connectivity index (χ4n) is 2.92. The number of hydrogen-bond acceptors (Lipinski definition) is 3. The molecule has 0 saturated carbocycles.